The lowest BCUT2D eigenvalue weighted by Crippen LogP contribution is -2.47. The van der Waals surface area contributed by atoms with E-state index in [0.29, 0.717) is 0 Å². The monoisotopic (exact) mass is 328 g/mol. The number of nitrogens with one attached hydrogen (secondary N) is 2. The minimum atomic E-state index is -0.313. The van der Waals surface area contributed by atoms with Gasteiger partial charge in [0, 0.05) is 28.2 Å². The van der Waals surface area contributed by atoms with Crippen LogP contribution in [-0.2, 0) is 12.0 Å². The molecule has 1 aliphatic rings. The van der Waals surface area contributed by atoms with E-state index in [2.05, 4.69) is 17.2 Å². The van der Waals surface area contributed by atoms with Gasteiger partial charge in [0.05, 0.1) is 5.54 Å². The Morgan fingerprint density at radius 2 is 1.96 bits per heavy atom. The molecule has 0 saturated heterocycles. The Balaban J connectivity index is 1.97. The Labute approximate surface area is 139 Å². The number of rotatable bonds is 2. The van der Waals surface area contributed by atoms with Crippen LogP contribution in [0.25, 0.3) is 10.9 Å². The average Bonchev–Trinajstić information content (AvgIpc) is 2.94. The van der Waals surface area contributed by atoms with Crippen LogP contribution in [0.3, 0.4) is 0 Å². The molecule has 1 aromatic heterocycles. The van der Waals surface area contributed by atoms with Gasteiger partial charge in [-0.05, 0) is 54.3 Å². The number of benzene rings is 2. The predicted octanol–water partition coefficient (Wildman–Crippen LogP) is 4.76. The molecule has 0 aliphatic carbocycles. The Morgan fingerprint density at radius 3 is 2.70 bits per heavy atom. The van der Waals surface area contributed by atoms with Gasteiger partial charge in [-0.3, -0.25) is 0 Å². The molecule has 0 amide bonds. The molecule has 1 unspecified atom stereocenters. The van der Waals surface area contributed by atoms with E-state index in [0.717, 1.165) is 35.5 Å². The minimum absolute atomic E-state index is 0.209. The third kappa shape index (κ3) is 2.19. The lowest BCUT2D eigenvalue weighted by Gasteiger charge is -2.38. The Bertz CT molecular complexity index is 869. The van der Waals surface area contributed by atoms with Crippen LogP contribution in [-0.4, -0.2) is 11.5 Å². The Kier molecular flexibility index (Phi) is 3.43. The van der Waals surface area contributed by atoms with E-state index in [9.17, 15) is 4.39 Å². The molecule has 1 aliphatic heterocycles. The quantitative estimate of drug-likeness (QED) is 0.697. The van der Waals surface area contributed by atoms with Crippen LogP contribution in [0.2, 0.25) is 5.02 Å². The molecule has 0 radical (unpaired) electrons. The predicted molar refractivity (Wildman–Crippen MR) is 92.5 cm³/mol. The van der Waals surface area contributed by atoms with Crippen LogP contribution in [0.5, 0.6) is 0 Å². The number of halogens is 2. The Hall–Kier alpha value is -1.84. The number of aromatic nitrogens is 1. The first kappa shape index (κ1) is 14.7. The summed E-state index contributed by atoms with van der Waals surface area (Å²) < 4.78 is 13.3. The second-order valence-electron chi connectivity index (χ2n) is 6.11. The molecule has 0 spiro atoms. The number of hydrogen-bond acceptors (Lipinski definition) is 1. The zero-order valence-corrected chi connectivity index (χ0v) is 13.7. The number of H-pyrrole nitrogens is 1. The summed E-state index contributed by atoms with van der Waals surface area (Å²) in [5, 5.41) is 5.60. The van der Waals surface area contributed by atoms with Crippen molar-refractivity contribution in [3.05, 3.63) is 70.1 Å². The first-order chi connectivity index (χ1) is 11.1. The van der Waals surface area contributed by atoms with Gasteiger partial charge < -0.3 is 10.3 Å². The molecular formula is C19H18ClFN2. The van der Waals surface area contributed by atoms with Crippen molar-refractivity contribution in [1.29, 1.82) is 0 Å². The summed E-state index contributed by atoms with van der Waals surface area (Å²) >= 11 is 6.19. The third-order valence-corrected chi connectivity index (χ3v) is 5.20. The van der Waals surface area contributed by atoms with Crippen LogP contribution in [0.4, 0.5) is 4.39 Å². The fraction of sp³-hybridized carbons (Fsp3) is 0.263. The van der Waals surface area contributed by atoms with Gasteiger partial charge in [-0.1, -0.05) is 30.7 Å². The number of aromatic amines is 1. The van der Waals surface area contributed by atoms with Gasteiger partial charge in [0.25, 0.3) is 0 Å². The highest BCUT2D eigenvalue weighted by molar-refractivity contribution is 6.31. The molecule has 2 N–H and O–H groups in total. The van der Waals surface area contributed by atoms with Gasteiger partial charge in [0.15, 0.2) is 0 Å². The van der Waals surface area contributed by atoms with Gasteiger partial charge in [0.2, 0.25) is 0 Å². The topological polar surface area (TPSA) is 27.8 Å². The van der Waals surface area contributed by atoms with Crippen LogP contribution in [0.15, 0.2) is 42.5 Å². The van der Waals surface area contributed by atoms with Gasteiger partial charge in [-0.2, -0.15) is 0 Å². The van der Waals surface area contributed by atoms with E-state index in [-0.39, 0.29) is 11.4 Å². The van der Waals surface area contributed by atoms with E-state index in [4.69, 9.17) is 11.6 Å². The molecule has 23 heavy (non-hydrogen) atoms. The zero-order valence-electron chi connectivity index (χ0n) is 12.9. The number of fused-ring (bicyclic) bond motifs is 3. The van der Waals surface area contributed by atoms with E-state index < -0.39 is 0 Å². The fourth-order valence-corrected chi connectivity index (χ4v) is 3.99. The number of hydrogen-bond donors (Lipinski definition) is 2. The van der Waals surface area contributed by atoms with Crippen molar-refractivity contribution >= 4 is 22.5 Å². The summed E-state index contributed by atoms with van der Waals surface area (Å²) in [5.74, 6) is -0.209. The average molecular weight is 329 g/mol. The van der Waals surface area contributed by atoms with Crippen molar-refractivity contribution < 1.29 is 4.39 Å². The van der Waals surface area contributed by atoms with Crippen molar-refractivity contribution in [2.45, 2.75) is 25.3 Å². The van der Waals surface area contributed by atoms with Gasteiger partial charge >= 0.3 is 0 Å². The second-order valence-corrected chi connectivity index (χ2v) is 6.55. The molecule has 2 aromatic carbocycles. The maximum absolute atomic E-state index is 13.3. The molecule has 4 rings (SSSR count). The zero-order chi connectivity index (χ0) is 16.0. The van der Waals surface area contributed by atoms with E-state index in [1.165, 1.54) is 28.8 Å². The van der Waals surface area contributed by atoms with Gasteiger partial charge in [-0.25, -0.2) is 4.39 Å². The highest BCUT2D eigenvalue weighted by atomic mass is 35.5. The minimum Gasteiger partial charge on any atom is -0.356 e. The molecule has 0 saturated carbocycles. The molecule has 118 valence electrons. The van der Waals surface area contributed by atoms with Crippen LogP contribution in [0.1, 0.15) is 30.2 Å². The molecule has 0 bridgehead atoms. The van der Waals surface area contributed by atoms with Gasteiger partial charge in [-0.15, -0.1) is 0 Å². The molecule has 2 nitrogen and oxygen atoms in total. The molecular weight excluding hydrogens is 311 g/mol. The van der Waals surface area contributed by atoms with E-state index in [1.807, 2.05) is 30.3 Å². The SMILES string of the molecule is CCC1(c2ccc(F)cc2)NCCc2c1[nH]c1ccc(Cl)cc21. The summed E-state index contributed by atoms with van der Waals surface area (Å²) in [6, 6.07) is 12.8. The van der Waals surface area contributed by atoms with Crippen molar-refractivity contribution in [3.8, 4) is 0 Å². The molecule has 4 heteroatoms. The lowest BCUT2D eigenvalue weighted by molar-refractivity contribution is 0.360. The molecule has 2 heterocycles. The first-order valence-corrected chi connectivity index (χ1v) is 8.33. The van der Waals surface area contributed by atoms with E-state index in [1.54, 1.807) is 0 Å². The second kappa shape index (κ2) is 5.36. The maximum Gasteiger partial charge on any atom is 0.123 e. The highest BCUT2D eigenvalue weighted by Crippen LogP contribution is 2.40. The van der Waals surface area contributed by atoms with Crippen molar-refractivity contribution in [3.63, 3.8) is 0 Å². The third-order valence-electron chi connectivity index (χ3n) is 4.96. The largest absolute Gasteiger partial charge is 0.356 e. The van der Waals surface area contributed by atoms with Crippen LogP contribution in [0, 0.1) is 5.82 Å². The lowest BCUT2D eigenvalue weighted by atomic mass is 9.79. The summed E-state index contributed by atoms with van der Waals surface area (Å²) in [7, 11) is 0. The first-order valence-electron chi connectivity index (χ1n) is 7.96. The van der Waals surface area contributed by atoms with Crippen LogP contribution < -0.4 is 5.32 Å². The summed E-state index contributed by atoms with van der Waals surface area (Å²) in [5.41, 5.74) is 4.36. The molecule has 0 fully saturated rings. The summed E-state index contributed by atoms with van der Waals surface area (Å²) in [4.78, 5) is 3.58. The molecule has 1 atom stereocenters. The van der Waals surface area contributed by atoms with Crippen molar-refractivity contribution in [1.82, 2.24) is 10.3 Å². The summed E-state index contributed by atoms with van der Waals surface area (Å²) in [6.07, 6.45) is 1.84. The molecule has 3 aromatic rings. The fourth-order valence-electron chi connectivity index (χ4n) is 3.82. The van der Waals surface area contributed by atoms with Gasteiger partial charge in [0.1, 0.15) is 5.82 Å². The van der Waals surface area contributed by atoms with Crippen LogP contribution >= 0.6 is 11.6 Å². The standard InChI is InChI=1S/C19H18ClFN2/c1-2-19(12-3-6-14(21)7-4-12)18-15(9-10-22-19)16-11-13(20)5-8-17(16)23-18/h3-8,11,22-23H,2,9-10H2,1H3. The summed E-state index contributed by atoms with van der Waals surface area (Å²) in [6.45, 7) is 3.04. The van der Waals surface area contributed by atoms with Crippen molar-refractivity contribution in [2.24, 2.45) is 0 Å². The maximum atomic E-state index is 13.3. The van der Waals surface area contributed by atoms with Crippen molar-refractivity contribution in [2.75, 3.05) is 6.54 Å². The van der Waals surface area contributed by atoms with E-state index >= 15 is 0 Å². The smallest absolute Gasteiger partial charge is 0.123 e. The normalized spacial score (nSPS) is 20.7. The Morgan fingerprint density at radius 1 is 1.17 bits per heavy atom. The highest BCUT2D eigenvalue weighted by Gasteiger charge is 2.38.